The van der Waals surface area contributed by atoms with E-state index in [0.717, 1.165) is 27.3 Å². The summed E-state index contributed by atoms with van der Waals surface area (Å²) in [5.41, 5.74) is 1.12. The van der Waals surface area contributed by atoms with Gasteiger partial charge in [-0.1, -0.05) is 0 Å². The smallest absolute Gasteiger partial charge is 0.133 e. The highest BCUT2D eigenvalue weighted by Crippen LogP contribution is 2.52. The van der Waals surface area contributed by atoms with Gasteiger partial charge in [-0.25, -0.2) is 4.98 Å². The molecule has 0 spiro atoms. The Morgan fingerprint density at radius 2 is 2.18 bits per heavy atom. The van der Waals surface area contributed by atoms with Crippen molar-refractivity contribution >= 4 is 38.6 Å². The highest BCUT2D eigenvalue weighted by atomic mass is 79.9. The zero-order valence-electron chi connectivity index (χ0n) is 9.36. The van der Waals surface area contributed by atoms with Gasteiger partial charge in [0.1, 0.15) is 5.01 Å². The van der Waals surface area contributed by atoms with Gasteiger partial charge in [-0.05, 0) is 47.8 Å². The van der Waals surface area contributed by atoms with Gasteiger partial charge in [0.25, 0.3) is 0 Å². The molecular formula is C12H12BrNOS2. The van der Waals surface area contributed by atoms with E-state index in [1.165, 1.54) is 9.75 Å². The van der Waals surface area contributed by atoms with Crippen LogP contribution in [0.1, 0.15) is 23.4 Å². The summed E-state index contributed by atoms with van der Waals surface area (Å²) in [6, 6.07) is 4.14. The predicted octanol–water partition coefficient (Wildman–Crippen LogP) is 3.97. The fourth-order valence-electron chi connectivity index (χ4n) is 2.03. The monoisotopic (exact) mass is 329 g/mol. The van der Waals surface area contributed by atoms with E-state index in [1.54, 1.807) is 22.7 Å². The van der Waals surface area contributed by atoms with Gasteiger partial charge < -0.3 is 5.11 Å². The first kappa shape index (κ1) is 11.8. The van der Waals surface area contributed by atoms with Crippen LogP contribution >= 0.6 is 38.6 Å². The van der Waals surface area contributed by atoms with Gasteiger partial charge in [-0.2, -0.15) is 0 Å². The number of aromatic nitrogens is 1. The minimum atomic E-state index is 0.0362. The summed E-state index contributed by atoms with van der Waals surface area (Å²) in [5, 5.41) is 10.6. The van der Waals surface area contributed by atoms with Crippen molar-refractivity contribution in [3.05, 3.63) is 26.5 Å². The second-order valence-corrected chi connectivity index (χ2v) is 7.94. The molecule has 2 aromatic heterocycles. The lowest BCUT2D eigenvalue weighted by Gasteiger charge is -2.08. The molecule has 1 fully saturated rings. The van der Waals surface area contributed by atoms with Crippen LogP contribution in [-0.4, -0.2) is 16.7 Å². The standard InChI is InChI=1S/C12H12BrNOS2/c1-7-10(12(6-15)4-5-12)17-11(14-7)8-2-3-9(13)16-8/h2-3,15H,4-6H2,1H3. The number of thiophene rings is 1. The number of hydrogen-bond acceptors (Lipinski definition) is 4. The molecule has 0 amide bonds. The number of aliphatic hydroxyl groups is 1. The molecule has 3 rings (SSSR count). The normalized spacial score (nSPS) is 17.4. The van der Waals surface area contributed by atoms with Crippen molar-refractivity contribution in [1.29, 1.82) is 0 Å². The number of thiazole rings is 1. The minimum Gasteiger partial charge on any atom is -0.395 e. The third-order valence-electron chi connectivity index (χ3n) is 3.22. The predicted molar refractivity (Wildman–Crippen MR) is 75.9 cm³/mol. The summed E-state index contributed by atoms with van der Waals surface area (Å²) in [6.07, 6.45) is 2.19. The average Bonchev–Trinajstić information content (AvgIpc) is 2.83. The lowest BCUT2D eigenvalue weighted by atomic mass is 10.1. The fourth-order valence-corrected chi connectivity index (χ4v) is 4.77. The molecule has 2 nitrogen and oxygen atoms in total. The van der Waals surface area contributed by atoms with Crippen LogP contribution in [-0.2, 0) is 5.41 Å². The molecule has 0 saturated heterocycles. The van der Waals surface area contributed by atoms with Crippen molar-refractivity contribution < 1.29 is 5.11 Å². The van der Waals surface area contributed by atoms with Crippen molar-refractivity contribution in [3.63, 3.8) is 0 Å². The van der Waals surface area contributed by atoms with Gasteiger partial charge in [0.05, 0.1) is 21.0 Å². The Kier molecular flexibility index (Phi) is 2.89. The zero-order chi connectivity index (χ0) is 12.0. The topological polar surface area (TPSA) is 33.1 Å². The molecule has 90 valence electrons. The maximum Gasteiger partial charge on any atom is 0.133 e. The van der Waals surface area contributed by atoms with Gasteiger partial charge in [-0.15, -0.1) is 22.7 Å². The van der Waals surface area contributed by atoms with Crippen LogP contribution in [0.2, 0.25) is 0 Å². The average molecular weight is 330 g/mol. The van der Waals surface area contributed by atoms with Gasteiger partial charge in [0.2, 0.25) is 0 Å². The van der Waals surface area contributed by atoms with E-state index in [1.807, 2.05) is 6.92 Å². The van der Waals surface area contributed by atoms with Crippen molar-refractivity contribution in [2.45, 2.75) is 25.2 Å². The first-order valence-electron chi connectivity index (χ1n) is 5.49. The number of rotatable bonds is 3. The molecule has 1 saturated carbocycles. The van der Waals surface area contributed by atoms with Crippen LogP contribution in [0.4, 0.5) is 0 Å². The van der Waals surface area contributed by atoms with Crippen LogP contribution < -0.4 is 0 Å². The molecule has 0 unspecified atom stereocenters. The molecule has 1 aliphatic carbocycles. The van der Waals surface area contributed by atoms with Crippen molar-refractivity contribution in [2.75, 3.05) is 6.61 Å². The maximum absolute atomic E-state index is 9.49. The van der Waals surface area contributed by atoms with E-state index in [4.69, 9.17) is 0 Å². The van der Waals surface area contributed by atoms with Gasteiger partial charge in [0, 0.05) is 10.3 Å². The van der Waals surface area contributed by atoms with E-state index in [0.29, 0.717) is 0 Å². The van der Waals surface area contributed by atoms with Crippen molar-refractivity contribution in [2.24, 2.45) is 0 Å². The molecule has 0 radical (unpaired) electrons. The van der Waals surface area contributed by atoms with Crippen LogP contribution in [0, 0.1) is 6.92 Å². The van der Waals surface area contributed by atoms with E-state index in [9.17, 15) is 5.11 Å². The molecule has 2 aromatic rings. The van der Waals surface area contributed by atoms with Gasteiger partial charge in [0.15, 0.2) is 0 Å². The van der Waals surface area contributed by atoms with Gasteiger partial charge >= 0.3 is 0 Å². The molecule has 0 aromatic carbocycles. The van der Waals surface area contributed by atoms with Crippen molar-refractivity contribution in [1.82, 2.24) is 4.98 Å². The molecule has 1 aliphatic rings. The highest BCUT2D eigenvalue weighted by molar-refractivity contribution is 9.11. The van der Waals surface area contributed by atoms with Gasteiger partial charge in [-0.3, -0.25) is 0 Å². The van der Waals surface area contributed by atoms with Crippen LogP contribution in [0.15, 0.2) is 15.9 Å². The lowest BCUT2D eigenvalue weighted by molar-refractivity contribution is 0.256. The first-order valence-corrected chi connectivity index (χ1v) is 7.92. The molecule has 0 atom stereocenters. The Morgan fingerprint density at radius 1 is 1.41 bits per heavy atom. The molecule has 5 heteroatoms. The molecule has 2 heterocycles. The first-order chi connectivity index (χ1) is 8.14. The maximum atomic E-state index is 9.49. The Labute approximate surface area is 116 Å². The largest absolute Gasteiger partial charge is 0.395 e. The Hall–Kier alpha value is -0.230. The van der Waals surface area contributed by atoms with E-state index >= 15 is 0 Å². The number of halogens is 1. The van der Waals surface area contributed by atoms with E-state index in [2.05, 4.69) is 33.0 Å². The third-order valence-corrected chi connectivity index (χ3v) is 6.42. The molecule has 0 bridgehead atoms. The summed E-state index contributed by atoms with van der Waals surface area (Å²) in [4.78, 5) is 7.12. The molecule has 17 heavy (non-hydrogen) atoms. The van der Waals surface area contributed by atoms with Crippen LogP contribution in [0.5, 0.6) is 0 Å². The number of aliphatic hydroxyl groups excluding tert-OH is 1. The number of aryl methyl sites for hydroxylation is 1. The summed E-state index contributed by atoms with van der Waals surface area (Å²) in [7, 11) is 0. The number of nitrogens with zero attached hydrogens (tertiary/aromatic N) is 1. The molecule has 1 N–H and O–H groups in total. The number of hydrogen-bond donors (Lipinski definition) is 1. The third kappa shape index (κ3) is 1.99. The quantitative estimate of drug-likeness (QED) is 0.924. The highest BCUT2D eigenvalue weighted by Gasteiger charge is 2.46. The van der Waals surface area contributed by atoms with E-state index in [-0.39, 0.29) is 12.0 Å². The van der Waals surface area contributed by atoms with Crippen LogP contribution in [0.25, 0.3) is 9.88 Å². The summed E-state index contributed by atoms with van der Waals surface area (Å²) < 4.78 is 1.13. The van der Waals surface area contributed by atoms with Crippen molar-refractivity contribution in [3.8, 4) is 9.88 Å². The zero-order valence-corrected chi connectivity index (χ0v) is 12.6. The Balaban J connectivity index is 2.01. The minimum absolute atomic E-state index is 0.0362. The Morgan fingerprint density at radius 3 is 2.71 bits per heavy atom. The summed E-state index contributed by atoms with van der Waals surface area (Å²) in [6.45, 7) is 2.30. The molecule has 0 aliphatic heterocycles. The fraction of sp³-hybridized carbons (Fsp3) is 0.417. The second kappa shape index (κ2) is 4.16. The summed E-state index contributed by atoms with van der Waals surface area (Å²) in [5.74, 6) is 0. The SMILES string of the molecule is Cc1nc(-c2ccc(Br)s2)sc1C1(CO)CC1. The van der Waals surface area contributed by atoms with E-state index < -0.39 is 0 Å². The Bertz CT molecular complexity index is 557. The summed E-state index contributed by atoms with van der Waals surface area (Å²) >= 11 is 6.92. The van der Waals surface area contributed by atoms with Crippen LogP contribution in [0.3, 0.4) is 0 Å². The second-order valence-electron chi connectivity index (χ2n) is 4.48. The molecular weight excluding hydrogens is 318 g/mol. The lowest BCUT2D eigenvalue weighted by Crippen LogP contribution is -2.11.